The highest BCUT2D eigenvalue weighted by Gasteiger charge is 2.63. The second kappa shape index (κ2) is 7.23. The Labute approximate surface area is 156 Å². The molecule has 4 aliphatic heterocycles. The molecule has 0 aliphatic carbocycles. The second-order valence-corrected chi connectivity index (χ2v) is 14.2. The molecule has 0 aromatic rings. The first kappa shape index (κ1) is 18.4. The third-order valence-electron chi connectivity index (χ3n) is 8.39. The molecule has 4 atom stereocenters. The predicted octanol–water partition coefficient (Wildman–Crippen LogP) is 1.97. The highest BCUT2D eigenvalue weighted by Crippen LogP contribution is 2.45. The maximum Gasteiger partial charge on any atom is 0.127 e. The predicted molar refractivity (Wildman–Crippen MR) is 108 cm³/mol. The second-order valence-electron chi connectivity index (χ2n) is 9.55. The smallest absolute Gasteiger partial charge is 0.127 e. The Morgan fingerprint density at radius 1 is 0.480 bits per heavy atom. The van der Waals surface area contributed by atoms with Crippen molar-refractivity contribution in [2.45, 2.75) is 74.0 Å². The Bertz CT molecular complexity index is 387. The first-order valence-corrected chi connectivity index (χ1v) is 13.2. The molecule has 0 saturated carbocycles. The Morgan fingerprint density at radius 2 is 0.720 bits per heavy atom. The number of hydrogen-bond acceptors (Lipinski definition) is 4. The van der Waals surface area contributed by atoms with Crippen molar-refractivity contribution in [3.05, 3.63) is 0 Å². The average Bonchev–Trinajstić information content (AvgIpc) is 3.35. The molecule has 0 amide bonds. The van der Waals surface area contributed by atoms with E-state index in [-0.39, 0.29) is 0 Å². The summed E-state index contributed by atoms with van der Waals surface area (Å²) in [5, 5.41) is 0. The number of nitrogens with zero attached hydrogens (tertiary/aromatic N) is 4. The zero-order valence-electron chi connectivity index (χ0n) is 17.1. The van der Waals surface area contributed by atoms with Crippen LogP contribution in [0.3, 0.4) is 0 Å². The van der Waals surface area contributed by atoms with Crippen LogP contribution in [0.2, 0.25) is 0 Å². The lowest BCUT2D eigenvalue weighted by Gasteiger charge is -2.56. The Balaban J connectivity index is 1.83. The molecule has 0 radical (unpaired) electrons. The minimum atomic E-state index is -1.61. The van der Waals surface area contributed by atoms with Crippen molar-refractivity contribution < 1.29 is 0 Å². The molecule has 4 heterocycles. The Kier molecular flexibility index (Phi) is 5.33. The number of rotatable bonds is 4. The Morgan fingerprint density at radius 3 is 0.880 bits per heavy atom. The van der Waals surface area contributed by atoms with Crippen LogP contribution in [-0.2, 0) is 0 Å². The molecule has 4 saturated heterocycles. The van der Waals surface area contributed by atoms with Crippen molar-refractivity contribution in [2.75, 3.05) is 54.4 Å². The van der Waals surface area contributed by atoms with E-state index in [2.05, 4.69) is 47.8 Å². The fraction of sp³-hybridized carbons (Fsp3) is 1.00. The molecule has 25 heavy (non-hydrogen) atoms. The largest absolute Gasteiger partial charge is 0.306 e. The van der Waals surface area contributed by atoms with Crippen LogP contribution in [0.4, 0.5) is 0 Å². The summed E-state index contributed by atoms with van der Waals surface area (Å²) < 4.78 is 0. The molecule has 0 N–H and O–H groups in total. The van der Waals surface area contributed by atoms with Crippen molar-refractivity contribution in [3.8, 4) is 0 Å². The third kappa shape index (κ3) is 2.85. The summed E-state index contributed by atoms with van der Waals surface area (Å²) in [6.07, 6.45) is 11.6. The van der Waals surface area contributed by atoms with E-state index in [1.54, 1.807) is 0 Å². The highest BCUT2D eigenvalue weighted by molar-refractivity contribution is 6.85. The van der Waals surface area contributed by atoms with Crippen LogP contribution in [0, 0.1) is 0 Å². The van der Waals surface area contributed by atoms with Crippen LogP contribution in [0.25, 0.3) is 0 Å². The summed E-state index contributed by atoms with van der Waals surface area (Å²) in [7, 11) is 8.21. The molecule has 4 rings (SSSR count). The molecule has 4 fully saturated rings. The molecule has 0 bridgehead atoms. The summed E-state index contributed by atoms with van der Waals surface area (Å²) in [4.78, 5) is 11.3. The lowest BCUT2D eigenvalue weighted by molar-refractivity contribution is 0.263. The molecule has 0 spiro atoms. The number of likely N-dealkylation sites (tertiary alicyclic amines) is 4. The SMILES string of the molecule is CN1CCCC1[Si](C1CCCN1C)(C1CCCN1C)C1CCCN1C. The van der Waals surface area contributed by atoms with Crippen LogP contribution >= 0.6 is 0 Å². The van der Waals surface area contributed by atoms with Crippen molar-refractivity contribution in [1.29, 1.82) is 0 Å². The first-order chi connectivity index (χ1) is 12.1. The fourth-order valence-corrected chi connectivity index (χ4v) is 16.6. The summed E-state index contributed by atoms with van der Waals surface area (Å²) in [5.41, 5.74) is 3.59. The molecule has 0 aromatic carbocycles. The lowest BCUT2D eigenvalue weighted by Crippen LogP contribution is -2.79. The zero-order valence-corrected chi connectivity index (χ0v) is 18.1. The van der Waals surface area contributed by atoms with Crippen LogP contribution < -0.4 is 0 Å². The van der Waals surface area contributed by atoms with E-state index in [1.165, 1.54) is 77.5 Å². The topological polar surface area (TPSA) is 13.0 Å². The van der Waals surface area contributed by atoms with Gasteiger partial charge in [-0.15, -0.1) is 0 Å². The van der Waals surface area contributed by atoms with Gasteiger partial charge in [0, 0.05) is 22.7 Å². The summed E-state index contributed by atoms with van der Waals surface area (Å²) in [6.45, 7) is 5.34. The molecule has 4 nitrogen and oxygen atoms in total. The van der Waals surface area contributed by atoms with Gasteiger partial charge in [0.1, 0.15) is 8.07 Å². The van der Waals surface area contributed by atoms with Crippen LogP contribution in [-0.4, -0.2) is 105 Å². The van der Waals surface area contributed by atoms with E-state index in [9.17, 15) is 0 Å². The standard InChI is InChI=1S/C20H40N4Si/c1-21-13-5-9-17(21)25(18-10-6-14-22(18)2,19-11-7-15-23(19)3)20-12-8-16-24(20)4/h17-20H,5-16H2,1-4H3. The minimum absolute atomic E-state index is 0.897. The summed E-state index contributed by atoms with van der Waals surface area (Å²) in [6, 6.07) is 0. The van der Waals surface area contributed by atoms with Crippen LogP contribution in [0.1, 0.15) is 51.4 Å². The fourth-order valence-electron chi connectivity index (χ4n) is 7.50. The molecule has 4 aliphatic rings. The van der Waals surface area contributed by atoms with Gasteiger partial charge in [0.2, 0.25) is 0 Å². The first-order valence-electron chi connectivity index (χ1n) is 10.9. The quantitative estimate of drug-likeness (QED) is 0.707. The van der Waals surface area contributed by atoms with E-state index in [0.717, 1.165) is 22.7 Å². The van der Waals surface area contributed by atoms with Gasteiger partial charge >= 0.3 is 0 Å². The molecule has 144 valence electrons. The van der Waals surface area contributed by atoms with Crippen molar-refractivity contribution >= 4 is 8.07 Å². The van der Waals surface area contributed by atoms with Gasteiger partial charge in [0.05, 0.1) is 0 Å². The highest BCUT2D eigenvalue weighted by atomic mass is 28.3. The molecule has 4 unspecified atom stereocenters. The van der Waals surface area contributed by atoms with Crippen molar-refractivity contribution in [2.24, 2.45) is 0 Å². The van der Waals surface area contributed by atoms with Gasteiger partial charge < -0.3 is 19.6 Å². The van der Waals surface area contributed by atoms with E-state index in [0.29, 0.717) is 0 Å². The lowest BCUT2D eigenvalue weighted by atomic mass is 10.4. The van der Waals surface area contributed by atoms with Crippen LogP contribution in [0.5, 0.6) is 0 Å². The molecular weight excluding hydrogens is 324 g/mol. The van der Waals surface area contributed by atoms with E-state index < -0.39 is 8.07 Å². The normalized spacial score (nSPS) is 41.8. The van der Waals surface area contributed by atoms with Gasteiger partial charge in [-0.3, -0.25) is 0 Å². The van der Waals surface area contributed by atoms with Gasteiger partial charge in [-0.25, -0.2) is 0 Å². The van der Waals surface area contributed by atoms with E-state index in [1.807, 2.05) is 0 Å². The van der Waals surface area contributed by atoms with Crippen LogP contribution in [0.15, 0.2) is 0 Å². The average molecular weight is 365 g/mol. The van der Waals surface area contributed by atoms with Crippen molar-refractivity contribution in [1.82, 2.24) is 19.6 Å². The van der Waals surface area contributed by atoms with Crippen molar-refractivity contribution in [3.63, 3.8) is 0 Å². The zero-order chi connectivity index (χ0) is 17.6. The van der Waals surface area contributed by atoms with Gasteiger partial charge in [0.25, 0.3) is 0 Å². The molecular formula is C20H40N4Si. The summed E-state index contributed by atoms with van der Waals surface area (Å²) in [5.74, 6) is 0. The Hall–Kier alpha value is 0.0569. The number of hydrogen-bond donors (Lipinski definition) is 0. The van der Waals surface area contributed by atoms with Gasteiger partial charge in [0.15, 0.2) is 0 Å². The minimum Gasteiger partial charge on any atom is -0.306 e. The molecule has 5 heteroatoms. The van der Waals surface area contributed by atoms with Gasteiger partial charge in [-0.1, -0.05) is 0 Å². The monoisotopic (exact) mass is 364 g/mol. The van der Waals surface area contributed by atoms with E-state index >= 15 is 0 Å². The van der Waals surface area contributed by atoms with Gasteiger partial charge in [-0.05, 0) is 106 Å². The summed E-state index contributed by atoms with van der Waals surface area (Å²) >= 11 is 0. The van der Waals surface area contributed by atoms with E-state index in [4.69, 9.17) is 0 Å². The maximum atomic E-state index is 2.82. The van der Waals surface area contributed by atoms with Gasteiger partial charge in [-0.2, -0.15) is 0 Å². The third-order valence-corrected chi connectivity index (χ3v) is 15.9. The molecule has 0 aromatic heterocycles. The maximum absolute atomic E-state index is 2.82.